The molecule has 1 unspecified atom stereocenters. The summed E-state index contributed by atoms with van der Waals surface area (Å²) in [4.78, 5) is 13.5. The highest BCUT2D eigenvalue weighted by atomic mass is 35.5. The second-order valence-corrected chi connectivity index (χ2v) is 6.85. The number of carbonyl (C=O) groups is 1. The van der Waals surface area contributed by atoms with Crippen LogP contribution in [0.3, 0.4) is 0 Å². The number of nitrogens with one attached hydrogen (secondary N) is 1. The Kier molecular flexibility index (Phi) is 7.13. The number of hydrogen-bond donors (Lipinski definition) is 2. The van der Waals surface area contributed by atoms with Gasteiger partial charge in [0, 0.05) is 17.1 Å². The first kappa shape index (κ1) is 18.7. The number of aliphatic hydroxyl groups is 1. The Morgan fingerprint density at radius 1 is 1.36 bits per heavy atom. The van der Waals surface area contributed by atoms with Crippen LogP contribution in [0.4, 0.5) is 0 Å². The van der Waals surface area contributed by atoms with Crippen molar-refractivity contribution < 1.29 is 14.6 Å². The van der Waals surface area contributed by atoms with Gasteiger partial charge in [0.1, 0.15) is 18.5 Å². The first-order valence-electron chi connectivity index (χ1n) is 7.22. The summed E-state index contributed by atoms with van der Waals surface area (Å²) in [5.41, 5.74) is -0.256. The fraction of sp³-hybridized carbons (Fsp3) is 0.562. The summed E-state index contributed by atoms with van der Waals surface area (Å²) in [6.45, 7) is 6.53. The lowest BCUT2D eigenvalue weighted by atomic mass is 10.1. The number of benzene rings is 1. The van der Waals surface area contributed by atoms with Crippen LogP contribution in [0.15, 0.2) is 24.3 Å². The number of ether oxygens (including phenoxy) is 1. The highest BCUT2D eigenvalue weighted by Gasteiger charge is 2.16. The van der Waals surface area contributed by atoms with Gasteiger partial charge in [0.2, 0.25) is 5.91 Å². The van der Waals surface area contributed by atoms with Crippen LogP contribution in [-0.4, -0.2) is 54.3 Å². The second-order valence-electron chi connectivity index (χ2n) is 6.41. The molecule has 0 aliphatic rings. The van der Waals surface area contributed by atoms with Crippen molar-refractivity contribution >= 4 is 17.5 Å². The van der Waals surface area contributed by atoms with Gasteiger partial charge in [-0.3, -0.25) is 9.69 Å². The van der Waals surface area contributed by atoms with Crippen LogP contribution in [0.2, 0.25) is 5.02 Å². The maximum atomic E-state index is 11.8. The minimum Gasteiger partial charge on any atom is -0.491 e. The number of carbonyl (C=O) groups excluding carboxylic acids is 1. The van der Waals surface area contributed by atoms with Crippen molar-refractivity contribution in [3.63, 3.8) is 0 Å². The summed E-state index contributed by atoms with van der Waals surface area (Å²) < 4.78 is 5.47. The van der Waals surface area contributed by atoms with Crippen molar-refractivity contribution in [2.75, 3.05) is 26.7 Å². The summed E-state index contributed by atoms with van der Waals surface area (Å²) in [6.07, 6.45) is -0.678. The number of nitrogens with zero attached hydrogens (tertiary/aromatic N) is 1. The molecule has 0 saturated heterocycles. The Morgan fingerprint density at radius 2 is 1.95 bits per heavy atom. The molecule has 1 amide bonds. The van der Waals surface area contributed by atoms with E-state index < -0.39 is 6.10 Å². The van der Waals surface area contributed by atoms with E-state index in [9.17, 15) is 9.90 Å². The van der Waals surface area contributed by atoms with Gasteiger partial charge in [-0.2, -0.15) is 0 Å². The van der Waals surface area contributed by atoms with E-state index in [-0.39, 0.29) is 24.6 Å². The van der Waals surface area contributed by atoms with E-state index in [1.54, 1.807) is 36.2 Å². The molecule has 0 fully saturated rings. The van der Waals surface area contributed by atoms with E-state index in [0.29, 0.717) is 17.3 Å². The fourth-order valence-corrected chi connectivity index (χ4v) is 2.03. The highest BCUT2D eigenvalue weighted by molar-refractivity contribution is 6.30. The van der Waals surface area contributed by atoms with Gasteiger partial charge in [0.05, 0.1) is 6.54 Å². The number of aliphatic hydroxyl groups excluding tert-OH is 1. The van der Waals surface area contributed by atoms with Gasteiger partial charge in [0.25, 0.3) is 0 Å². The SMILES string of the molecule is CN(CC(=O)NC(C)(C)C)CC(O)COc1ccc(Cl)cc1. The quantitative estimate of drug-likeness (QED) is 0.803. The number of amides is 1. The molecule has 5 nitrogen and oxygen atoms in total. The fourth-order valence-electron chi connectivity index (χ4n) is 1.90. The van der Waals surface area contributed by atoms with E-state index in [2.05, 4.69) is 5.32 Å². The third-order valence-electron chi connectivity index (χ3n) is 2.71. The Hall–Kier alpha value is -1.30. The van der Waals surface area contributed by atoms with Crippen molar-refractivity contribution in [1.29, 1.82) is 0 Å². The van der Waals surface area contributed by atoms with Gasteiger partial charge in [-0.05, 0) is 52.1 Å². The van der Waals surface area contributed by atoms with Gasteiger partial charge in [0.15, 0.2) is 0 Å². The smallest absolute Gasteiger partial charge is 0.234 e. The molecule has 2 N–H and O–H groups in total. The van der Waals surface area contributed by atoms with Crippen molar-refractivity contribution in [3.8, 4) is 5.75 Å². The molecule has 22 heavy (non-hydrogen) atoms. The van der Waals surface area contributed by atoms with Gasteiger partial charge in [-0.1, -0.05) is 11.6 Å². The molecule has 124 valence electrons. The van der Waals surface area contributed by atoms with E-state index in [4.69, 9.17) is 16.3 Å². The normalized spacial score (nSPS) is 13.0. The van der Waals surface area contributed by atoms with Crippen LogP contribution in [0.1, 0.15) is 20.8 Å². The summed E-state index contributed by atoms with van der Waals surface area (Å²) >= 11 is 5.79. The van der Waals surface area contributed by atoms with Crippen molar-refractivity contribution in [2.24, 2.45) is 0 Å². The molecule has 1 aromatic carbocycles. The van der Waals surface area contributed by atoms with Crippen LogP contribution < -0.4 is 10.1 Å². The minimum absolute atomic E-state index is 0.0687. The lowest BCUT2D eigenvalue weighted by Crippen LogP contribution is -2.46. The van der Waals surface area contributed by atoms with Gasteiger partial charge < -0.3 is 15.2 Å². The predicted octanol–water partition coefficient (Wildman–Crippen LogP) is 1.93. The van der Waals surface area contributed by atoms with E-state index in [1.165, 1.54) is 0 Å². The van der Waals surface area contributed by atoms with Crippen molar-refractivity contribution in [2.45, 2.75) is 32.4 Å². The molecule has 0 heterocycles. The Morgan fingerprint density at radius 3 is 2.50 bits per heavy atom. The molecule has 1 atom stereocenters. The zero-order valence-electron chi connectivity index (χ0n) is 13.6. The van der Waals surface area contributed by atoms with E-state index in [1.807, 2.05) is 20.8 Å². The maximum Gasteiger partial charge on any atom is 0.234 e. The van der Waals surface area contributed by atoms with Gasteiger partial charge >= 0.3 is 0 Å². The van der Waals surface area contributed by atoms with Crippen LogP contribution >= 0.6 is 11.6 Å². The van der Waals surface area contributed by atoms with Crippen LogP contribution in [0.25, 0.3) is 0 Å². The van der Waals surface area contributed by atoms with E-state index >= 15 is 0 Å². The number of halogens is 1. The zero-order valence-corrected chi connectivity index (χ0v) is 14.4. The average Bonchev–Trinajstić information content (AvgIpc) is 2.35. The van der Waals surface area contributed by atoms with Crippen LogP contribution in [0.5, 0.6) is 5.75 Å². The van der Waals surface area contributed by atoms with E-state index in [0.717, 1.165) is 0 Å². The predicted molar refractivity (Wildman–Crippen MR) is 88.3 cm³/mol. The topological polar surface area (TPSA) is 61.8 Å². The third-order valence-corrected chi connectivity index (χ3v) is 2.96. The minimum atomic E-state index is -0.678. The number of hydrogen-bond acceptors (Lipinski definition) is 4. The molecule has 6 heteroatoms. The molecule has 0 aromatic heterocycles. The van der Waals surface area contributed by atoms with Crippen molar-refractivity contribution in [1.82, 2.24) is 10.2 Å². The molecule has 1 aromatic rings. The lowest BCUT2D eigenvalue weighted by molar-refractivity contribution is -0.123. The molecule has 0 aliphatic heterocycles. The lowest BCUT2D eigenvalue weighted by Gasteiger charge is -2.24. The van der Waals surface area contributed by atoms with Crippen molar-refractivity contribution in [3.05, 3.63) is 29.3 Å². The summed E-state index contributed by atoms with van der Waals surface area (Å²) in [7, 11) is 1.79. The number of rotatable bonds is 7. The highest BCUT2D eigenvalue weighted by Crippen LogP contribution is 2.15. The number of likely N-dealkylation sites (N-methyl/N-ethyl adjacent to an activating group) is 1. The Bertz CT molecular complexity index is 471. The molecule has 0 bridgehead atoms. The first-order chi connectivity index (χ1) is 10.2. The Balaban J connectivity index is 2.30. The summed E-state index contributed by atoms with van der Waals surface area (Å²) in [5, 5.41) is 13.5. The van der Waals surface area contributed by atoms with Gasteiger partial charge in [-0.25, -0.2) is 0 Å². The Labute approximate surface area is 137 Å². The molecule has 0 radical (unpaired) electrons. The molecule has 1 rings (SSSR count). The van der Waals surface area contributed by atoms with Gasteiger partial charge in [-0.15, -0.1) is 0 Å². The summed E-state index contributed by atoms with van der Waals surface area (Å²) in [6, 6.07) is 6.95. The maximum absolute atomic E-state index is 11.8. The average molecular weight is 329 g/mol. The standard InChI is InChI=1S/C16H25ClN2O3/c1-16(2,3)18-15(21)10-19(4)9-13(20)11-22-14-7-5-12(17)6-8-14/h5-8,13,20H,9-11H2,1-4H3,(H,18,21). The second kappa shape index (κ2) is 8.36. The molecular weight excluding hydrogens is 304 g/mol. The zero-order chi connectivity index (χ0) is 16.8. The molecule has 0 aliphatic carbocycles. The largest absolute Gasteiger partial charge is 0.491 e. The summed E-state index contributed by atoms with van der Waals surface area (Å²) in [5.74, 6) is 0.581. The van der Waals surface area contributed by atoms with Crippen LogP contribution in [-0.2, 0) is 4.79 Å². The molecule has 0 saturated carbocycles. The molecular formula is C16H25ClN2O3. The molecule has 0 spiro atoms. The monoisotopic (exact) mass is 328 g/mol. The first-order valence-corrected chi connectivity index (χ1v) is 7.59. The van der Waals surface area contributed by atoms with Crippen LogP contribution in [0, 0.1) is 0 Å². The third kappa shape index (κ3) is 8.22.